The Hall–Kier alpha value is -1.76. The Morgan fingerprint density at radius 2 is 2.07 bits per heavy atom. The van der Waals surface area contributed by atoms with Crippen molar-refractivity contribution in [2.45, 2.75) is 19.3 Å². The van der Waals surface area contributed by atoms with E-state index in [0.29, 0.717) is 11.3 Å². The molecule has 0 aliphatic carbocycles. The lowest BCUT2D eigenvalue weighted by atomic mass is 10.1. The Labute approximate surface area is 89.3 Å². The minimum Gasteiger partial charge on any atom is -0.397 e. The summed E-state index contributed by atoms with van der Waals surface area (Å²) in [5.74, 6) is 0.747. The second-order valence-corrected chi connectivity index (χ2v) is 3.76. The van der Waals surface area contributed by atoms with Crippen LogP contribution in [0.25, 0.3) is 0 Å². The molecule has 1 aliphatic heterocycles. The van der Waals surface area contributed by atoms with Crippen molar-refractivity contribution in [3.8, 4) is 6.07 Å². The number of nitrogens with zero attached hydrogens (tertiary/aromatic N) is 3. The second-order valence-electron chi connectivity index (χ2n) is 3.76. The van der Waals surface area contributed by atoms with E-state index in [-0.39, 0.29) is 0 Å². The molecule has 0 saturated carbocycles. The van der Waals surface area contributed by atoms with Crippen molar-refractivity contribution in [1.82, 2.24) is 4.98 Å². The monoisotopic (exact) mass is 202 g/mol. The molecule has 0 spiro atoms. The van der Waals surface area contributed by atoms with Gasteiger partial charge in [-0.15, -0.1) is 0 Å². The topological polar surface area (TPSA) is 65.9 Å². The van der Waals surface area contributed by atoms with Gasteiger partial charge in [0, 0.05) is 19.3 Å². The quantitative estimate of drug-likeness (QED) is 0.750. The van der Waals surface area contributed by atoms with Crippen LogP contribution in [0.4, 0.5) is 11.5 Å². The summed E-state index contributed by atoms with van der Waals surface area (Å²) in [5.41, 5.74) is 6.78. The third kappa shape index (κ3) is 1.86. The average Bonchev–Trinajstić information content (AvgIpc) is 2.30. The fraction of sp³-hybridized carbons (Fsp3) is 0.455. The molecule has 2 N–H and O–H groups in total. The third-order valence-corrected chi connectivity index (χ3v) is 2.73. The Morgan fingerprint density at radius 3 is 2.73 bits per heavy atom. The minimum atomic E-state index is 0.513. The lowest BCUT2D eigenvalue weighted by Gasteiger charge is -2.28. The standard InChI is InChI=1S/C11H14N4/c12-8-9-10(13)4-5-14-11(9)15-6-2-1-3-7-15/h4-5H,1-3,6-7H2,(H2,13,14). The van der Waals surface area contributed by atoms with Crippen LogP contribution >= 0.6 is 0 Å². The summed E-state index contributed by atoms with van der Waals surface area (Å²) < 4.78 is 0. The van der Waals surface area contributed by atoms with E-state index in [1.165, 1.54) is 19.3 Å². The Kier molecular flexibility index (Phi) is 2.72. The second kappa shape index (κ2) is 4.18. The molecule has 2 rings (SSSR count). The van der Waals surface area contributed by atoms with E-state index in [1.54, 1.807) is 12.3 Å². The number of nitrogen functional groups attached to an aromatic ring is 1. The maximum absolute atomic E-state index is 9.03. The molecule has 1 fully saturated rings. The SMILES string of the molecule is N#Cc1c(N)ccnc1N1CCCCC1. The Balaban J connectivity index is 2.34. The zero-order valence-corrected chi connectivity index (χ0v) is 8.61. The van der Waals surface area contributed by atoms with E-state index in [0.717, 1.165) is 18.9 Å². The fourth-order valence-electron chi connectivity index (χ4n) is 1.93. The van der Waals surface area contributed by atoms with E-state index in [9.17, 15) is 0 Å². The summed E-state index contributed by atoms with van der Waals surface area (Å²) >= 11 is 0. The Morgan fingerprint density at radius 1 is 1.33 bits per heavy atom. The molecule has 1 saturated heterocycles. The van der Waals surface area contributed by atoms with Crippen LogP contribution in [0.5, 0.6) is 0 Å². The number of nitriles is 1. The predicted molar refractivity (Wildman–Crippen MR) is 59.4 cm³/mol. The molecule has 2 heterocycles. The average molecular weight is 202 g/mol. The molecule has 78 valence electrons. The van der Waals surface area contributed by atoms with Crippen LogP contribution in [0.3, 0.4) is 0 Å². The van der Waals surface area contributed by atoms with Crippen molar-refractivity contribution < 1.29 is 0 Å². The third-order valence-electron chi connectivity index (χ3n) is 2.73. The molecule has 4 heteroatoms. The van der Waals surface area contributed by atoms with Crippen LogP contribution in [0.1, 0.15) is 24.8 Å². The van der Waals surface area contributed by atoms with Crippen LogP contribution in [-0.2, 0) is 0 Å². The van der Waals surface area contributed by atoms with Crippen molar-refractivity contribution in [3.63, 3.8) is 0 Å². The molecule has 0 radical (unpaired) electrons. The first kappa shape index (κ1) is 9.78. The van der Waals surface area contributed by atoms with Crippen LogP contribution in [-0.4, -0.2) is 18.1 Å². The molecule has 4 nitrogen and oxygen atoms in total. The molecule has 1 aromatic heterocycles. The summed E-state index contributed by atoms with van der Waals surface area (Å²) in [4.78, 5) is 6.41. The molecule has 0 unspecified atom stereocenters. The molecular formula is C11H14N4. The molecule has 1 aliphatic rings. The van der Waals surface area contributed by atoms with Crippen LogP contribution in [0.15, 0.2) is 12.3 Å². The van der Waals surface area contributed by atoms with Crippen molar-refractivity contribution in [2.75, 3.05) is 23.7 Å². The van der Waals surface area contributed by atoms with Crippen molar-refractivity contribution >= 4 is 11.5 Å². The van der Waals surface area contributed by atoms with Crippen molar-refractivity contribution in [1.29, 1.82) is 5.26 Å². The van der Waals surface area contributed by atoms with Crippen LogP contribution < -0.4 is 10.6 Å². The Bertz CT molecular complexity index is 388. The lowest BCUT2D eigenvalue weighted by Crippen LogP contribution is -2.31. The fourth-order valence-corrected chi connectivity index (χ4v) is 1.93. The summed E-state index contributed by atoms with van der Waals surface area (Å²) in [6.07, 6.45) is 5.27. The first-order chi connectivity index (χ1) is 7.33. The van der Waals surface area contributed by atoms with Crippen molar-refractivity contribution in [2.24, 2.45) is 0 Å². The van der Waals surface area contributed by atoms with Gasteiger partial charge in [0.1, 0.15) is 17.5 Å². The minimum absolute atomic E-state index is 0.513. The molecular weight excluding hydrogens is 188 g/mol. The number of pyridine rings is 1. The number of nitrogens with two attached hydrogens (primary N) is 1. The summed E-state index contributed by atoms with van der Waals surface area (Å²) in [7, 11) is 0. The highest BCUT2D eigenvalue weighted by Crippen LogP contribution is 2.24. The van der Waals surface area contributed by atoms with Crippen molar-refractivity contribution in [3.05, 3.63) is 17.8 Å². The van der Waals surface area contributed by atoms with Crippen LogP contribution in [0.2, 0.25) is 0 Å². The largest absolute Gasteiger partial charge is 0.397 e. The van der Waals surface area contributed by atoms with Gasteiger partial charge in [-0.05, 0) is 25.3 Å². The van der Waals surface area contributed by atoms with E-state index in [2.05, 4.69) is 16.0 Å². The van der Waals surface area contributed by atoms with Gasteiger partial charge in [0.15, 0.2) is 0 Å². The predicted octanol–water partition coefficient (Wildman–Crippen LogP) is 1.53. The van der Waals surface area contributed by atoms with Gasteiger partial charge in [-0.3, -0.25) is 0 Å². The van der Waals surface area contributed by atoms with Gasteiger partial charge >= 0.3 is 0 Å². The number of anilines is 2. The summed E-state index contributed by atoms with van der Waals surface area (Å²) in [6, 6.07) is 3.80. The molecule has 0 aromatic carbocycles. The highest BCUT2D eigenvalue weighted by Gasteiger charge is 2.16. The van der Waals surface area contributed by atoms with Gasteiger partial charge < -0.3 is 10.6 Å². The van der Waals surface area contributed by atoms with E-state index >= 15 is 0 Å². The first-order valence-corrected chi connectivity index (χ1v) is 5.22. The molecule has 0 bridgehead atoms. The number of rotatable bonds is 1. The highest BCUT2D eigenvalue weighted by molar-refractivity contribution is 5.66. The molecule has 0 amide bonds. The number of hydrogen-bond donors (Lipinski definition) is 1. The maximum Gasteiger partial charge on any atom is 0.148 e. The summed E-state index contributed by atoms with van der Waals surface area (Å²) in [6.45, 7) is 1.95. The number of hydrogen-bond acceptors (Lipinski definition) is 4. The van der Waals surface area contributed by atoms with Gasteiger partial charge in [-0.1, -0.05) is 0 Å². The zero-order chi connectivity index (χ0) is 10.7. The van der Waals surface area contributed by atoms with Gasteiger partial charge in [-0.2, -0.15) is 5.26 Å². The summed E-state index contributed by atoms with van der Waals surface area (Å²) in [5, 5.41) is 9.03. The molecule has 15 heavy (non-hydrogen) atoms. The van der Waals surface area contributed by atoms with E-state index in [1.807, 2.05) is 0 Å². The highest BCUT2D eigenvalue weighted by atomic mass is 15.2. The zero-order valence-electron chi connectivity index (χ0n) is 8.61. The van der Waals surface area contributed by atoms with Crippen LogP contribution in [0, 0.1) is 11.3 Å². The normalized spacial score (nSPS) is 16.1. The van der Waals surface area contributed by atoms with Gasteiger partial charge in [0.05, 0.1) is 5.69 Å². The first-order valence-electron chi connectivity index (χ1n) is 5.22. The maximum atomic E-state index is 9.03. The van der Waals surface area contributed by atoms with Gasteiger partial charge in [-0.25, -0.2) is 4.98 Å². The number of piperidine rings is 1. The van der Waals surface area contributed by atoms with E-state index < -0.39 is 0 Å². The van der Waals surface area contributed by atoms with E-state index in [4.69, 9.17) is 11.0 Å². The lowest BCUT2D eigenvalue weighted by molar-refractivity contribution is 0.573. The smallest absolute Gasteiger partial charge is 0.148 e. The van der Waals surface area contributed by atoms with Gasteiger partial charge in [0.25, 0.3) is 0 Å². The van der Waals surface area contributed by atoms with Gasteiger partial charge in [0.2, 0.25) is 0 Å². The molecule has 0 atom stereocenters. The number of aromatic nitrogens is 1. The molecule has 1 aromatic rings.